The largest absolute Gasteiger partial charge is 0.465 e. The van der Waals surface area contributed by atoms with E-state index in [1.807, 2.05) is 18.2 Å². The van der Waals surface area contributed by atoms with Crippen LogP contribution in [0.4, 0.5) is 0 Å². The van der Waals surface area contributed by atoms with Gasteiger partial charge in [-0.1, -0.05) is 18.2 Å². The van der Waals surface area contributed by atoms with Crippen LogP contribution in [0.25, 0.3) is 10.9 Å². The fourth-order valence-corrected chi connectivity index (χ4v) is 2.36. The first-order valence-corrected chi connectivity index (χ1v) is 6.11. The first-order valence-electron chi connectivity index (χ1n) is 5.32. The van der Waals surface area contributed by atoms with Crippen LogP contribution < -0.4 is 0 Å². The first-order chi connectivity index (χ1) is 8.69. The molecule has 0 radical (unpaired) electrons. The SMILES string of the molecule is COCc1cccc2c(Br)c(C(=O)OC)cnc12. The fourth-order valence-electron chi connectivity index (χ4n) is 1.78. The zero-order valence-electron chi connectivity index (χ0n) is 10.1. The van der Waals surface area contributed by atoms with E-state index in [0.717, 1.165) is 16.5 Å². The van der Waals surface area contributed by atoms with Gasteiger partial charge in [0, 0.05) is 28.7 Å². The number of para-hydroxylation sites is 1. The molecule has 5 heteroatoms. The highest BCUT2D eigenvalue weighted by Crippen LogP contribution is 2.28. The Morgan fingerprint density at radius 1 is 1.39 bits per heavy atom. The third kappa shape index (κ3) is 2.23. The van der Waals surface area contributed by atoms with Gasteiger partial charge < -0.3 is 9.47 Å². The third-order valence-electron chi connectivity index (χ3n) is 2.62. The van der Waals surface area contributed by atoms with Crippen LogP contribution in [0.2, 0.25) is 0 Å². The molecule has 2 aromatic rings. The molecule has 0 bridgehead atoms. The highest BCUT2D eigenvalue weighted by atomic mass is 79.9. The maximum absolute atomic E-state index is 11.6. The number of methoxy groups -OCH3 is 2. The zero-order chi connectivity index (χ0) is 13.1. The highest BCUT2D eigenvalue weighted by molar-refractivity contribution is 9.10. The zero-order valence-corrected chi connectivity index (χ0v) is 11.7. The van der Waals surface area contributed by atoms with E-state index in [-0.39, 0.29) is 0 Å². The summed E-state index contributed by atoms with van der Waals surface area (Å²) in [7, 11) is 2.98. The molecule has 0 N–H and O–H groups in total. The Labute approximate surface area is 113 Å². The van der Waals surface area contributed by atoms with E-state index in [9.17, 15) is 4.79 Å². The van der Waals surface area contributed by atoms with Gasteiger partial charge in [0.25, 0.3) is 0 Å². The van der Waals surface area contributed by atoms with Gasteiger partial charge in [-0.05, 0) is 15.9 Å². The van der Waals surface area contributed by atoms with Crippen LogP contribution >= 0.6 is 15.9 Å². The van der Waals surface area contributed by atoms with Crippen molar-refractivity contribution in [3.8, 4) is 0 Å². The molecule has 0 spiro atoms. The molecule has 0 amide bonds. The van der Waals surface area contributed by atoms with Crippen molar-refractivity contribution < 1.29 is 14.3 Å². The lowest BCUT2D eigenvalue weighted by molar-refractivity contribution is 0.0599. The van der Waals surface area contributed by atoms with Crippen molar-refractivity contribution in [2.75, 3.05) is 14.2 Å². The van der Waals surface area contributed by atoms with Gasteiger partial charge in [-0.2, -0.15) is 0 Å². The molecule has 0 aliphatic rings. The van der Waals surface area contributed by atoms with Gasteiger partial charge >= 0.3 is 5.97 Å². The quantitative estimate of drug-likeness (QED) is 0.818. The number of ether oxygens (including phenoxy) is 2. The van der Waals surface area contributed by atoms with Crippen molar-refractivity contribution in [1.29, 1.82) is 0 Å². The van der Waals surface area contributed by atoms with E-state index in [1.165, 1.54) is 13.3 Å². The van der Waals surface area contributed by atoms with E-state index < -0.39 is 5.97 Å². The monoisotopic (exact) mass is 309 g/mol. The second-order valence-corrected chi connectivity index (χ2v) is 4.52. The lowest BCUT2D eigenvalue weighted by Gasteiger charge is -2.09. The number of carbonyl (C=O) groups excluding carboxylic acids is 1. The summed E-state index contributed by atoms with van der Waals surface area (Å²) < 4.78 is 10.5. The van der Waals surface area contributed by atoms with E-state index >= 15 is 0 Å². The highest BCUT2D eigenvalue weighted by Gasteiger charge is 2.15. The molecular formula is C13H12BrNO3. The molecule has 1 heterocycles. The fraction of sp³-hybridized carbons (Fsp3) is 0.231. The third-order valence-corrected chi connectivity index (χ3v) is 3.47. The lowest BCUT2D eigenvalue weighted by atomic mass is 10.1. The van der Waals surface area contributed by atoms with Crippen molar-refractivity contribution in [3.05, 3.63) is 40.0 Å². The van der Waals surface area contributed by atoms with Gasteiger partial charge in [-0.25, -0.2) is 4.79 Å². The Morgan fingerprint density at radius 3 is 2.83 bits per heavy atom. The minimum atomic E-state index is -0.409. The number of halogens is 1. The number of carbonyl (C=O) groups is 1. The van der Waals surface area contributed by atoms with Crippen LogP contribution in [-0.2, 0) is 16.1 Å². The molecule has 0 unspecified atom stereocenters. The van der Waals surface area contributed by atoms with E-state index in [4.69, 9.17) is 9.47 Å². The van der Waals surface area contributed by atoms with Gasteiger partial charge in [0.15, 0.2) is 0 Å². The van der Waals surface area contributed by atoms with Crippen molar-refractivity contribution in [2.45, 2.75) is 6.61 Å². The summed E-state index contributed by atoms with van der Waals surface area (Å²) in [5.74, 6) is -0.409. The number of hydrogen-bond acceptors (Lipinski definition) is 4. The number of nitrogens with zero attached hydrogens (tertiary/aromatic N) is 1. The van der Waals surface area contributed by atoms with Crippen LogP contribution in [0.5, 0.6) is 0 Å². The molecule has 2 rings (SSSR count). The number of fused-ring (bicyclic) bond motifs is 1. The van der Waals surface area contributed by atoms with E-state index in [2.05, 4.69) is 20.9 Å². The van der Waals surface area contributed by atoms with Crippen LogP contribution in [0, 0.1) is 0 Å². The molecule has 1 aromatic carbocycles. The summed E-state index contributed by atoms with van der Waals surface area (Å²) in [6, 6.07) is 5.76. The van der Waals surface area contributed by atoms with Crippen molar-refractivity contribution in [3.63, 3.8) is 0 Å². The summed E-state index contributed by atoms with van der Waals surface area (Å²) in [4.78, 5) is 15.9. The summed E-state index contributed by atoms with van der Waals surface area (Å²) in [6.07, 6.45) is 1.51. The van der Waals surface area contributed by atoms with Gasteiger partial charge in [0.2, 0.25) is 0 Å². The maximum atomic E-state index is 11.6. The van der Waals surface area contributed by atoms with Gasteiger partial charge in [-0.3, -0.25) is 4.98 Å². The van der Waals surface area contributed by atoms with Gasteiger partial charge in [-0.15, -0.1) is 0 Å². The molecule has 0 saturated carbocycles. The Morgan fingerprint density at radius 2 is 2.17 bits per heavy atom. The summed E-state index contributed by atoms with van der Waals surface area (Å²) in [5.41, 5.74) is 2.21. The van der Waals surface area contributed by atoms with E-state index in [0.29, 0.717) is 16.6 Å². The van der Waals surface area contributed by atoms with Crippen molar-refractivity contribution in [1.82, 2.24) is 4.98 Å². The number of rotatable bonds is 3. The minimum Gasteiger partial charge on any atom is -0.465 e. The van der Waals surface area contributed by atoms with Crippen LogP contribution in [-0.4, -0.2) is 25.2 Å². The average Bonchev–Trinajstić information content (AvgIpc) is 2.39. The molecule has 0 saturated heterocycles. The summed E-state index contributed by atoms with van der Waals surface area (Å²) in [5, 5.41) is 0.868. The topological polar surface area (TPSA) is 48.4 Å². The number of benzene rings is 1. The molecule has 18 heavy (non-hydrogen) atoms. The number of aromatic nitrogens is 1. The Kier molecular flexibility index (Phi) is 3.93. The van der Waals surface area contributed by atoms with E-state index in [1.54, 1.807) is 7.11 Å². The minimum absolute atomic E-state index is 0.409. The Balaban J connectivity index is 2.65. The second kappa shape index (κ2) is 5.46. The molecule has 0 aliphatic heterocycles. The van der Waals surface area contributed by atoms with Crippen LogP contribution in [0.3, 0.4) is 0 Å². The number of hydrogen-bond donors (Lipinski definition) is 0. The molecule has 1 aromatic heterocycles. The molecule has 4 nitrogen and oxygen atoms in total. The van der Waals surface area contributed by atoms with Gasteiger partial charge in [0.1, 0.15) is 0 Å². The Hall–Kier alpha value is -1.46. The Bertz CT molecular complexity index is 598. The normalized spacial score (nSPS) is 10.6. The van der Waals surface area contributed by atoms with Crippen LogP contribution in [0.15, 0.2) is 28.9 Å². The molecule has 0 aliphatic carbocycles. The number of pyridine rings is 1. The number of esters is 1. The van der Waals surface area contributed by atoms with Crippen molar-refractivity contribution in [2.24, 2.45) is 0 Å². The van der Waals surface area contributed by atoms with Gasteiger partial charge in [0.05, 0.1) is 24.8 Å². The smallest absolute Gasteiger partial charge is 0.340 e. The predicted molar refractivity (Wildman–Crippen MR) is 71.5 cm³/mol. The standard InChI is InChI=1S/C13H12BrNO3/c1-17-7-8-4-3-5-9-11(14)10(13(16)18-2)6-15-12(8)9/h3-6H,7H2,1-2H3. The summed E-state index contributed by atoms with van der Waals surface area (Å²) in [6.45, 7) is 0.481. The molecule has 94 valence electrons. The molecule has 0 fully saturated rings. The lowest BCUT2D eigenvalue weighted by Crippen LogP contribution is -2.04. The second-order valence-electron chi connectivity index (χ2n) is 3.72. The molecule has 0 atom stereocenters. The van der Waals surface area contributed by atoms with Crippen molar-refractivity contribution >= 4 is 32.8 Å². The molecular weight excluding hydrogens is 298 g/mol. The summed E-state index contributed by atoms with van der Waals surface area (Å²) >= 11 is 3.43. The predicted octanol–water partition coefficient (Wildman–Crippen LogP) is 2.93. The first kappa shape index (κ1) is 13.0. The average molecular weight is 310 g/mol. The van der Waals surface area contributed by atoms with Crippen LogP contribution in [0.1, 0.15) is 15.9 Å². The maximum Gasteiger partial charge on any atom is 0.340 e.